The van der Waals surface area contributed by atoms with Crippen LogP contribution >= 0.6 is 0 Å². The Hall–Kier alpha value is -2.55. The highest BCUT2D eigenvalue weighted by atomic mass is 19.4. The van der Waals surface area contributed by atoms with Gasteiger partial charge in [0.25, 0.3) is 0 Å². The number of nitrogens with one attached hydrogen (secondary N) is 1. The van der Waals surface area contributed by atoms with Crippen molar-refractivity contribution in [1.82, 2.24) is 5.32 Å². The van der Waals surface area contributed by atoms with E-state index in [0.29, 0.717) is 6.54 Å². The van der Waals surface area contributed by atoms with Gasteiger partial charge in [0.05, 0.1) is 24.2 Å². The first-order valence-electron chi connectivity index (χ1n) is 9.09. The standard InChI is InChI=1S/C21H21F6NO2/c1-4-28-11-15-10-16(20(22,23)24)5-6-18(15)14-7-13(12(2)19(29)30-3)8-17(9-14)21(25,26)27/h5-10,12,28H,4,11H2,1-3H3/t12-/m1/s1. The van der Waals surface area contributed by atoms with Crippen molar-refractivity contribution in [2.24, 2.45) is 0 Å². The lowest BCUT2D eigenvalue weighted by atomic mass is 9.90. The highest BCUT2D eigenvalue weighted by Gasteiger charge is 2.34. The number of methoxy groups -OCH3 is 1. The average Bonchev–Trinajstić information content (AvgIpc) is 2.69. The normalized spacial score (nSPS) is 13.2. The van der Waals surface area contributed by atoms with Crippen LogP contribution in [0.1, 0.15) is 42.0 Å². The van der Waals surface area contributed by atoms with Crippen LogP contribution < -0.4 is 5.32 Å². The molecule has 164 valence electrons. The molecule has 1 N–H and O–H groups in total. The number of benzene rings is 2. The summed E-state index contributed by atoms with van der Waals surface area (Å²) in [4.78, 5) is 11.8. The first-order valence-corrected chi connectivity index (χ1v) is 9.09. The van der Waals surface area contributed by atoms with Crippen LogP contribution in [0.3, 0.4) is 0 Å². The molecule has 0 saturated heterocycles. The van der Waals surface area contributed by atoms with Gasteiger partial charge in [-0.15, -0.1) is 0 Å². The van der Waals surface area contributed by atoms with Crippen LogP contribution in [0.4, 0.5) is 26.3 Å². The Morgan fingerprint density at radius 3 is 2.17 bits per heavy atom. The molecule has 3 nitrogen and oxygen atoms in total. The lowest BCUT2D eigenvalue weighted by Gasteiger charge is -2.18. The van der Waals surface area contributed by atoms with E-state index in [4.69, 9.17) is 0 Å². The molecule has 2 aromatic rings. The third kappa shape index (κ3) is 5.53. The Kier molecular flexibility index (Phi) is 7.18. The first kappa shape index (κ1) is 23.7. The van der Waals surface area contributed by atoms with E-state index in [0.717, 1.165) is 37.4 Å². The predicted octanol–water partition coefficient (Wildman–Crippen LogP) is 5.78. The molecule has 2 rings (SSSR count). The zero-order valence-corrected chi connectivity index (χ0v) is 16.5. The van der Waals surface area contributed by atoms with Crippen molar-refractivity contribution in [2.45, 2.75) is 38.7 Å². The van der Waals surface area contributed by atoms with Crippen LogP contribution in [0.15, 0.2) is 36.4 Å². The number of alkyl halides is 6. The summed E-state index contributed by atoms with van der Waals surface area (Å²) in [5, 5.41) is 2.90. The van der Waals surface area contributed by atoms with Crippen molar-refractivity contribution < 1.29 is 35.9 Å². The van der Waals surface area contributed by atoms with Crippen LogP contribution in [0.5, 0.6) is 0 Å². The van der Waals surface area contributed by atoms with E-state index in [1.165, 1.54) is 13.0 Å². The Morgan fingerprint density at radius 1 is 1.00 bits per heavy atom. The molecule has 9 heteroatoms. The molecular formula is C21H21F6NO2. The van der Waals surface area contributed by atoms with Gasteiger partial charge in [-0.3, -0.25) is 4.79 Å². The number of halogens is 6. The summed E-state index contributed by atoms with van der Waals surface area (Å²) < 4.78 is 84.3. The quantitative estimate of drug-likeness (QED) is 0.464. The minimum Gasteiger partial charge on any atom is -0.469 e. The van der Waals surface area contributed by atoms with Gasteiger partial charge in [0.2, 0.25) is 0 Å². The fraction of sp³-hybridized carbons (Fsp3) is 0.381. The Bertz CT molecular complexity index is 905. The van der Waals surface area contributed by atoms with E-state index in [9.17, 15) is 31.1 Å². The van der Waals surface area contributed by atoms with E-state index in [-0.39, 0.29) is 28.8 Å². The van der Waals surface area contributed by atoms with Crippen LogP contribution in [0.2, 0.25) is 0 Å². The predicted molar refractivity (Wildman–Crippen MR) is 99.7 cm³/mol. The van der Waals surface area contributed by atoms with E-state index in [1.54, 1.807) is 6.92 Å². The molecular weight excluding hydrogens is 412 g/mol. The van der Waals surface area contributed by atoms with E-state index in [2.05, 4.69) is 10.1 Å². The maximum absolute atomic E-state index is 13.5. The Balaban J connectivity index is 2.70. The molecule has 0 aliphatic carbocycles. The fourth-order valence-electron chi connectivity index (χ4n) is 2.99. The summed E-state index contributed by atoms with van der Waals surface area (Å²) in [5.74, 6) is -1.71. The number of carbonyl (C=O) groups excluding carboxylic acids is 1. The second kappa shape index (κ2) is 9.07. The number of carbonyl (C=O) groups is 1. The molecule has 0 aromatic heterocycles. The van der Waals surface area contributed by atoms with Gasteiger partial charge in [-0.25, -0.2) is 0 Å². The van der Waals surface area contributed by atoms with Crippen LogP contribution in [0, 0.1) is 0 Å². The van der Waals surface area contributed by atoms with Crippen molar-refractivity contribution in [3.8, 4) is 11.1 Å². The van der Waals surface area contributed by atoms with Gasteiger partial charge in [-0.05, 0) is 60.0 Å². The zero-order chi connectivity index (χ0) is 22.7. The van der Waals surface area contributed by atoms with Gasteiger partial charge >= 0.3 is 18.3 Å². The first-order chi connectivity index (χ1) is 13.9. The molecule has 0 bridgehead atoms. The second-order valence-electron chi connectivity index (χ2n) is 6.74. The van der Waals surface area contributed by atoms with Crippen molar-refractivity contribution in [3.63, 3.8) is 0 Å². The maximum atomic E-state index is 13.5. The lowest BCUT2D eigenvalue weighted by molar-refractivity contribution is -0.142. The minimum absolute atomic E-state index is 0.0356. The molecule has 0 spiro atoms. The summed E-state index contributed by atoms with van der Waals surface area (Å²) in [6.45, 7) is 3.65. The molecule has 0 amide bonds. The topological polar surface area (TPSA) is 38.3 Å². The number of rotatable bonds is 6. The van der Waals surface area contributed by atoms with Crippen LogP contribution in [-0.4, -0.2) is 19.6 Å². The number of hydrogen-bond donors (Lipinski definition) is 1. The smallest absolute Gasteiger partial charge is 0.416 e. The van der Waals surface area contributed by atoms with E-state index in [1.807, 2.05) is 0 Å². The largest absolute Gasteiger partial charge is 0.469 e. The molecule has 0 aliphatic rings. The van der Waals surface area contributed by atoms with Crippen LogP contribution in [-0.2, 0) is 28.4 Å². The van der Waals surface area contributed by atoms with Gasteiger partial charge in [0.1, 0.15) is 0 Å². The molecule has 0 fully saturated rings. The fourth-order valence-corrected chi connectivity index (χ4v) is 2.99. The highest BCUT2D eigenvalue weighted by Crippen LogP contribution is 2.38. The molecule has 0 radical (unpaired) electrons. The Labute approximate surface area is 170 Å². The van der Waals surface area contributed by atoms with Crippen LogP contribution in [0.25, 0.3) is 11.1 Å². The SMILES string of the molecule is CCNCc1cc(C(F)(F)F)ccc1-c1cc([C@@H](C)C(=O)OC)cc(C(F)(F)F)c1. The summed E-state index contributed by atoms with van der Waals surface area (Å²) in [5.41, 5.74) is -1.36. The summed E-state index contributed by atoms with van der Waals surface area (Å²) in [6, 6.07) is 5.98. The zero-order valence-electron chi connectivity index (χ0n) is 16.5. The number of hydrogen-bond acceptors (Lipinski definition) is 3. The highest BCUT2D eigenvalue weighted by molar-refractivity contribution is 5.79. The maximum Gasteiger partial charge on any atom is 0.416 e. The third-order valence-corrected chi connectivity index (χ3v) is 4.65. The molecule has 0 aliphatic heterocycles. The number of esters is 1. The molecule has 0 heterocycles. The van der Waals surface area contributed by atoms with Crippen molar-refractivity contribution >= 4 is 5.97 Å². The number of ether oxygens (including phenoxy) is 1. The minimum atomic E-state index is -4.70. The van der Waals surface area contributed by atoms with Gasteiger partial charge in [-0.2, -0.15) is 26.3 Å². The summed E-state index contributed by atoms with van der Waals surface area (Å²) in [7, 11) is 1.12. The lowest BCUT2D eigenvalue weighted by Crippen LogP contribution is -2.15. The Morgan fingerprint density at radius 2 is 1.63 bits per heavy atom. The van der Waals surface area contributed by atoms with Gasteiger partial charge in [0.15, 0.2) is 0 Å². The van der Waals surface area contributed by atoms with E-state index >= 15 is 0 Å². The van der Waals surface area contributed by atoms with Gasteiger partial charge < -0.3 is 10.1 Å². The molecule has 0 unspecified atom stereocenters. The molecule has 2 aromatic carbocycles. The monoisotopic (exact) mass is 433 g/mol. The average molecular weight is 433 g/mol. The molecule has 30 heavy (non-hydrogen) atoms. The molecule has 0 saturated carbocycles. The van der Waals surface area contributed by atoms with Gasteiger partial charge in [0, 0.05) is 6.54 Å². The van der Waals surface area contributed by atoms with Crippen molar-refractivity contribution in [2.75, 3.05) is 13.7 Å². The van der Waals surface area contributed by atoms with Crippen molar-refractivity contribution in [3.05, 3.63) is 58.7 Å². The molecule has 1 atom stereocenters. The van der Waals surface area contributed by atoms with Gasteiger partial charge in [-0.1, -0.05) is 19.1 Å². The summed E-state index contributed by atoms with van der Waals surface area (Å²) in [6.07, 6.45) is -9.29. The van der Waals surface area contributed by atoms with E-state index < -0.39 is 35.4 Å². The third-order valence-electron chi connectivity index (χ3n) is 4.65. The second-order valence-corrected chi connectivity index (χ2v) is 6.74. The summed E-state index contributed by atoms with van der Waals surface area (Å²) >= 11 is 0. The van der Waals surface area contributed by atoms with Crippen molar-refractivity contribution in [1.29, 1.82) is 0 Å².